The van der Waals surface area contributed by atoms with Gasteiger partial charge in [0.15, 0.2) is 0 Å². The lowest BCUT2D eigenvalue weighted by molar-refractivity contribution is -0.131. The van der Waals surface area contributed by atoms with Crippen LogP contribution in [0, 0.1) is 0 Å². The molecule has 0 aliphatic carbocycles. The van der Waals surface area contributed by atoms with Crippen LogP contribution in [-0.2, 0) is 11.2 Å². The number of carbonyl (C=O) groups excluding carboxylic acids is 2. The first-order valence-electron chi connectivity index (χ1n) is 7.48. The molecule has 0 unspecified atom stereocenters. The molecule has 4 nitrogen and oxygen atoms in total. The molecule has 0 radical (unpaired) electrons. The molecular formula is C17H17BrN2O2S. The number of hydrogen-bond acceptors (Lipinski definition) is 3. The van der Waals surface area contributed by atoms with Gasteiger partial charge in [-0.05, 0) is 29.6 Å². The van der Waals surface area contributed by atoms with Crippen molar-refractivity contribution in [2.45, 2.75) is 6.42 Å². The maximum Gasteiger partial charge on any atom is 0.254 e. The number of nitrogens with zero attached hydrogens (tertiary/aromatic N) is 2. The molecule has 2 aromatic rings. The SMILES string of the molecule is O=C(Cc1cccs1)N1CCN(C(=O)c2cccc(Br)c2)CC1. The number of piperazine rings is 1. The third-order valence-corrected chi connectivity index (χ3v) is 5.27. The normalized spacial score (nSPS) is 14.8. The van der Waals surface area contributed by atoms with Crippen LogP contribution in [0.4, 0.5) is 0 Å². The highest BCUT2D eigenvalue weighted by Crippen LogP contribution is 2.16. The number of amides is 2. The van der Waals surface area contributed by atoms with Gasteiger partial charge in [-0.25, -0.2) is 0 Å². The van der Waals surface area contributed by atoms with Gasteiger partial charge in [-0.2, -0.15) is 0 Å². The first-order chi connectivity index (χ1) is 11.1. The lowest BCUT2D eigenvalue weighted by atomic mass is 10.2. The number of halogens is 1. The molecule has 1 fully saturated rings. The van der Waals surface area contributed by atoms with E-state index in [1.165, 1.54) is 0 Å². The molecule has 0 atom stereocenters. The van der Waals surface area contributed by atoms with Crippen LogP contribution >= 0.6 is 27.3 Å². The fourth-order valence-corrected chi connectivity index (χ4v) is 3.73. The predicted octanol–water partition coefficient (Wildman–Crippen LogP) is 3.04. The van der Waals surface area contributed by atoms with Crippen LogP contribution in [0.3, 0.4) is 0 Å². The summed E-state index contributed by atoms with van der Waals surface area (Å²) in [7, 11) is 0. The zero-order valence-electron chi connectivity index (χ0n) is 12.6. The zero-order chi connectivity index (χ0) is 16.2. The molecule has 1 saturated heterocycles. The first-order valence-corrected chi connectivity index (χ1v) is 9.16. The lowest BCUT2D eigenvalue weighted by Gasteiger charge is -2.34. The Balaban J connectivity index is 1.55. The van der Waals surface area contributed by atoms with Gasteiger partial charge in [-0.3, -0.25) is 9.59 Å². The molecule has 0 saturated carbocycles. The molecule has 2 heterocycles. The fraction of sp³-hybridized carbons (Fsp3) is 0.294. The van der Waals surface area contributed by atoms with Crippen LogP contribution in [0.5, 0.6) is 0 Å². The summed E-state index contributed by atoms with van der Waals surface area (Å²) in [5.74, 6) is 0.165. The highest BCUT2D eigenvalue weighted by molar-refractivity contribution is 9.10. The maximum atomic E-state index is 12.5. The third kappa shape index (κ3) is 4.00. The molecule has 120 valence electrons. The van der Waals surface area contributed by atoms with Crippen molar-refractivity contribution >= 4 is 39.1 Å². The summed E-state index contributed by atoms with van der Waals surface area (Å²) in [4.78, 5) is 29.5. The van der Waals surface area contributed by atoms with Gasteiger partial charge in [-0.1, -0.05) is 28.1 Å². The Labute approximate surface area is 147 Å². The van der Waals surface area contributed by atoms with Gasteiger partial charge in [0.25, 0.3) is 5.91 Å². The van der Waals surface area contributed by atoms with Crippen LogP contribution in [0.25, 0.3) is 0 Å². The summed E-state index contributed by atoms with van der Waals surface area (Å²) in [5.41, 5.74) is 0.678. The molecule has 1 aliphatic rings. The molecule has 1 aromatic heterocycles. The van der Waals surface area contributed by atoms with Gasteiger partial charge in [-0.15, -0.1) is 11.3 Å². The molecule has 0 N–H and O–H groups in total. The maximum absolute atomic E-state index is 12.5. The van der Waals surface area contributed by atoms with Crippen molar-refractivity contribution in [2.24, 2.45) is 0 Å². The smallest absolute Gasteiger partial charge is 0.254 e. The lowest BCUT2D eigenvalue weighted by Crippen LogP contribution is -2.50. The van der Waals surface area contributed by atoms with Crippen molar-refractivity contribution in [1.82, 2.24) is 9.80 Å². The molecule has 3 rings (SSSR count). The summed E-state index contributed by atoms with van der Waals surface area (Å²) in [5, 5.41) is 1.98. The van der Waals surface area contributed by atoms with E-state index >= 15 is 0 Å². The van der Waals surface area contributed by atoms with E-state index in [0.717, 1.165) is 9.35 Å². The van der Waals surface area contributed by atoms with Crippen LogP contribution < -0.4 is 0 Å². The van der Waals surface area contributed by atoms with E-state index in [0.29, 0.717) is 38.2 Å². The molecular weight excluding hydrogens is 376 g/mol. The molecule has 2 amide bonds. The summed E-state index contributed by atoms with van der Waals surface area (Å²) >= 11 is 4.99. The van der Waals surface area contributed by atoms with Crippen molar-refractivity contribution in [2.75, 3.05) is 26.2 Å². The van der Waals surface area contributed by atoms with E-state index < -0.39 is 0 Å². The Morgan fingerprint density at radius 2 is 1.78 bits per heavy atom. The van der Waals surface area contributed by atoms with Gasteiger partial charge in [0.1, 0.15) is 0 Å². The minimum atomic E-state index is 0.0247. The van der Waals surface area contributed by atoms with Crippen LogP contribution in [0.1, 0.15) is 15.2 Å². The van der Waals surface area contributed by atoms with Crippen molar-refractivity contribution in [1.29, 1.82) is 0 Å². The summed E-state index contributed by atoms with van der Waals surface area (Å²) in [6.45, 7) is 2.37. The molecule has 0 bridgehead atoms. The van der Waals surface area contributed by atoms with Crippen molar-refractivity contribution in [3.8, 4) is 0 Å². The standard InChI is InChI=1S/C17H17BrN2O2S/c18-14-4-1-3-13(11-14)17(22)20-8-6-19(7-9-20)16(21)12-15-5-2-10-23-15/h1-5,10-11H,6-9,12H2. The summed E-state index contributed by atoms with van der Waals surface area (Å²) in [6.07, 6.45) is 0.456. The Kier molecular flexibility index (Phi) is 5.13. The van der Waals surface area contributed by atoms with E-state index in [-0.39, 0.29) is 11.8 Å². The monoisotopic (exact) mass is 392 g/mol. The zero-order valence-corrected chi connectivity index (χ0v) is 15.0. The van der Waals surface area contributed by atoms with Crippen molar-refractivity contribution in [3.63, 3.8) is 0 Å². The van der Waals surface area contributed by atoms with E-state index in [4.69, 9.17) is 0 Å². The van der Waals surface area contributed by atoms with Crippen LogP contribution in [0.15, 0.2) is 46.3 Å². The van der Waals surface area contributed by atoms with Crippen LogP contribution in [0.2, 0.25) is 0 Å². The third-order valence-electron chi connectivity index (χ3n) is 3.90. The Morgan fingerprint density at radius 1 is 1.04 bits per heavy atom. The number of hydrogen-bond donors (Lipinski definition) is 0. The quantitative estimate of drug-likeness (QED) is 0.805. The van der Waals surface area contributed by atoms with Gasteiger partial charge < -0.3 is 9.80 Å². The average Bonchev–Trinajstić information content (AvgIpc) is 3.07. The van der Waals surface area contributed by atoms with Gasteiger partial charge in [0, 0.05) is 41.1 Å². The minimum Gasteiger partial charge on any atom is -0.339 e. The van der Waals surface area contributed by atoms with E-state index in [1.54, 1.807) is 11.3 Å². The van der Waals surface area contributed by atoms with Gasteiger partial charge in [0.05, 0.1) is 6.42 Å². The Hall–Kier alpha value is -1.66. The first kappa shape index (κ1) is 16.2. The molecule has 23 heavy (non-hydrogen) atoms. The Morgan fingerprint density at radius 3 is 2.43 bits per heavy atom. The van der Waals surface area contributed by atoms with Crippen LogP contribution in [-0.4, -0.2) is 47.8 Å². The topological polar surface area (TPSA) is 40.6 Å². The van der Waals surface area contributed by atoms with E-state index in [1.807, 2.05) is 51.6 Å². The second-order valence-corrected chi connectivity index (χ2v) is 7.39. The number of thiophene rings is 1. The number of carbonyl (C=O) groups is 2. The number of rotatable bonds is 3. The second-order valence-electron chi connectivity index (χ2n) is 5.44. The second kappa shape index (κ2) is 7.27. The number of benzene rings is 1. The molecule has 1 aromatic carbocycles. The van der Waals surface area contributed by atoms with Crippen molar-refractivity contribution < 1.29 is 9.59 Å². The summed E-state index contributed by atoms with van der Waals surface area (Å²) in [6, 6.07) is 11.4. The minimum absolute atomic E-state index is 0.0247. The molecule has 6 heteroatoms. The van der Waals surface area contributed by atoms with Gasteiger partial charge in [0.2, 0.25) is 5.91 Å². The van der Waals surface area contributed by atoms with E-state index in [9.17, 15) is 9.59 Å². The Bertz CT molecular complexity index is 694. The molecule has 1 aliphatic heterocycles. The summed E-state index contributed by atoms with van der Waals surface area (Å²) < 4.78 is 0.896. The highest BCUT2D eigenvalue weighted by atomic mass is 79.9. The highest BCUT2D eigenvalue weighted by Gasteiger charge is 2.25. The van der Waals surface area contributed by atoms with Gasteiger partial charge >= 0.3 is 0 Å². The van der Waals surface area contributed by atoms with Crippen molar-refractivity contribution in [3.05, 3.63) is 56.7 Å². The van der Waals surface area contributed by atoms with E-state index in [2.05, 4.69) is 15.9 Å². The average molecular weight is 393 g/mol. The largest absolute Gasteiger partial charge is 0.339 e. The molecule has 0 spiro atoms. The fourth-order valence-electron chi connectivity index (χ4n) is 2.64. The predicted molar refractivity (Wildman–Crippen MR) is 94.6 cm³/mol.